The zero-order valence-corrected chi connectivity index (χ0v) is 7.47. The van der Waals surface area contributed by atoms with E-state index in [9.17, 15) is 4.79 Å². The van der Waals surface area contributed by atoms with Gasteiger partial charge in [0.1, 0.15) is 6.61 Å². The van der Waals surface area contributed by atoms with Crippen LogP contribution in [-0.2, 0) is 16.1 Å². The van der Waals surface area contributed by atoms with E-state index in [0.29, 0.717) is 11.6 Å². The summed E-state index contributed by atoms with van der Waals surface area (Å²) in [6.07, 6.45) is 3.37. The Hall–Kier alpha value is -1.28. The number of hydrogen-bond acceptors (Lipinski definition) is 2. The Bertz CT molecular complexity index is 383. The lowest BCUT2D eigenvalue weighted by atomic mass is 10.1. The third-order valence-electron chi connectivity index (χ3n) is 1.88. The van der Waals surface area contributed by atoms with Gasteiger partial charge in [-0.3, -0.25) is 4.79 Å². The molecule has 1 radical (unpaired) electrons. The van der Waals surface area contributed by atoms with Crippen LogP contribution in [0.25, 0.3) is 6.08 Å². The largest absolute Gasteiger partial charge is 0.485 e. The van der Waals surface area contributed by atoms with Crippen LogP contribution in [0, 0.1) is 0 Å². The van der Waals surface area contributed by atoms with E-state index >= 15 is 0 Å². The van der Waals surface area contributed by atoms with Crippen LogP contribution in [0.1, 0.15) is 11.1 Å². The van der Waals surface area contributed by atoms with Crippen LogP contribution in [0.3, 0.4) is 0 Å². The van der Waals surface area contributed by atoms with E-state index in [0.717, 1.165) is 11.1 Å². The van der Waals surface area contributed by atoms with Crippen LogP contribution in [-0.4, -0.2) is 6.29 Å². The highest BCUT2D eigenvalue weighted by molar-refractivity contribution is 6.30. The fourth-order valence-electron chi connectivity index (χ4n) is 1.24. The first-order chi connectivity index (χ1) is 6.29. The van der Waals surface area contributed by atoms with Crippen molar-refractivity contribution in [3.05, 3.63) is 40.1 Å². The molecule has 0 fully saturated rings. The number of hydrogen-bond donors (Lipinski definition) is 0. The molecule has 2 rings (SSSR count). The predicted octanol–water partition coefficient (Wildman–Crippen LogP) is 2.32. The van der Waals surface area contributed by atoms with Crippen LogP contribution in [0.2, 0.25) is 5.02 Å². The van der Waals surface area contributed by atoms with Crippen molar-refractivity contribution in [1.29, 1.82) is 0 Å². The van der Waals surface area contributed by atoms with Gasteiger partial charge in [-0.2, -0.15) is 0 Å². The average molecular weight is 194 g/mol. The third kappa shape index (κ3) is 1.58. The molecule has 0 N–H and O–H groups in total. The maximum Gasteiger partial charge on any atom is 0.271 e. The summed E-state index contributed by atoms with van der Waals surface area (Å²) in [5, 5.41) is 0.675. The first kappa shape index (κ1) is 8.32. The lowest BCUT2D eigenvalue weighted by Gasteiger charge is -2.14. The molecule has 0 saturated carbocycles. The van der Waals surface area contributed by atoms with E-state index in [1.165, 1.54) is 0 Å². The van der Waals surface area contributed by atoms with E-state index < -0.39 is 0 Å². The van der Waals surface area contributed by atoms with E-state index in [1.807, 2.05) is 12.1 Å². The number of benzene rings is 1. The van der Waals surface area contributed by atoms with E-state index in [1.54, 1.807) is 18.4 Å². The van der Waals surface area contributed by atoms with Gasteiger partial charge < -0.3 is 4.74 Å². The van der Waals surface area contributed by atoms with Gasteiger partial charge >= 0.3 is 0 Å². The number of carbonyl (C=O) groups excluding carboxylic acids is 1. The lowest BCUT2D eigenvalue weighted by molar-refractivity contribution is 0.214. The van der Waals surface area contributed by atoms with Gasteiger partial charge in [-0.05, 0) is 29.3 Å². The normalized spacial score (nSPS) is 14.1. The molecule has 13 heavy (non-hydrogen) atoms. The zero-order valence-electron chi connectivity index (χ0n) is 6.71. The van der Waals surface area contributed by atoms with Crippen LogP contribution in [0.15, 0.2) is 24.0 Å². The molecule has 0 aromatic heterocycles. The molecule has 0 amide bonds. The summed E-state index contributed by atoms with van der Waals surface area (Å²) in [5.41, 5.74) is 1.96. The fourth-order valence-corrected chi connectivity index (χ4v) is 1.43. The first-order valence-corrected chi connectivity index (χ1v) is 4.18. The summed E-state index contributed by atoms with van der Waals surface area (Å²) in [6.45, 7) is 0.386. The highest BCUT2D eigenvalue weighted by Gasteiger charge is 2.10. The Balaban J connectivity index is 2.48. The summed E-state index contributed by atoms with van der Waals surface area (Å²) in [6, 6.07) is 5.47. The molecule has 1 heterocycles. The second-order valence-electron chi connectivity index (χ2n) is 2.74. The monoisotopic (exact) mass is 193 g/mol. The standard InChI is InChI=1S/C10H6ClO2/c11-9-2-1-7-4-10(5-12)13-6-8(7)3-9/h1-4H,6H2. The van der Waals surface area contributed by atoms with Crippen LogP contribution < -0.4 is 0 Å². The van der Waals surface area contributed by atoms with Gasteiger partial charge in [0.25, 0.3) is 6.29 Å². The molecule has 65 valence electrons. The molecular formula is C10H6ClO2. The molecule has 0 bridgehead atoms. The number of allylic oxidation sites excluding steroid dienone is 1. The third-order valence-corrected chi connectivity index (χ3v) is 2.11. The molecule has 1 aromatic carbocycles. The highest BCUT2D eigenvalue weighted by Crippen LogP contribution is 2.23. The minimum absolute atomic E-state index is 0.245. The molecule has 0 spiro atoms. The molecule has 1 aliphatic rings. The molecule has 2 nitrogen and oxygen atoms in total. The van der Waals surface area contributed by atoms with Gasteiger partial charge in [0, 0.05) is 5.02 Å². The zero-order chi connectivity index (χ0) is 9.26. The number of halogens is 1. The van der Waals surface area contributed by atoms with Crippen molar-refractivity contribution in [3.63, 3.8) is 0 Å². The van der Waals surface area contributed by atoms with Crippen molar-refractivity contribution in [3.8, 4) is 0 Å². The van der Waals surface area contributed by atoms with Crippen molar-refractivity contribution < 1.29 is 9.53 Å². The predicted molar refractivity (Wildman–Crippen MR) is 49.9 cm³/mol. The van der Waals surface area contributed by atoms with Crippen molar-refractivity contribution in [2.45, 2.75) is 6.61 Å². The number of rotatable bonds is 1. The SMILES string of the molecule is O=[C]C1=Cc2ccc(Cl)cc2CO1. The topological polar surface area (TPSA) is 26.3 Å². The van der Waals surface area contributed by atoms with Crippen LogP contribution >= 0.6 is 11.6 Å². The highest BCUT2D eigenvalue weighted by atomic mass is 35.5. The van der Waals surface area contributed by atoms with Gasteiger partial charge in [-0.25, -0.2) is 0 Å². The Labute approximate surface area is 80.8 Å². The number of ether oxygens (including phenoxy) is 1. The molecular weight excluding hydrogens is 188 g/mol. The second kappa shape index (κ2) is 3.23. The summed E-state index contributed by atoms with van der Waals surface area (Å²) < 4.78 is 5.09. The fraction of sp³-hybridized carbons (Fsp3) is 0.100. The Kier molecular flexibility index (Phi) is 2.07. The van der Waals surface area contributed by atoms with Crippen molar-refractivity contribution >= 4 is 24.0 Å². The number of fused-ring (bicyclic) bond motifs is 1. The summed E-state index contributed by atoms with van der Waals surface area (Å²) in [7, 11) is 0. The minimum Gasteiger partial charge on any atom is -0.485 e. The van der Waals surface area contributed by atoms with E-state index in [-0.39, 0.29) is 5.76 Å². The maximum atomic E-state index is 10.3. The van der Waals surface area contributed by atoms with Gasteiger partial charge in [-0.15, -0.1) is 0 Å². The lowest BCUT2D eigenvalue weighted by Crippen LogP contribution is -2.02. The molecule has 0 saturated heterocycles. The van der Waals surface area contributed by atoms with Crippen LogP contribution in [0.4, 0.5) is 0 Å². The van der Waals surface area contributed by atoms with E-state index in [4.69, 9.17) is 16.3 Å². The van der Waals surface area contributed by atoms with Gasteiger partial charge in [0.15, 0.2) is 5.76 Å². The van der Waals surface area contributed by atoms with E-state index in [2.05, 4.69) is 0 Å². The summed E-state index contributed by atoms with van der Waals surface area (Å²) >= 11 is 5.79. The Morgan fingerprint density at radius 2 is 2.31 bits per heavy atom. The Morgan fingerprint density at radius 3 is 3.08 bits per heavy atom. The second-order valence-corrected chi connectivity index (χ2v) is 3.18. The van der Waals surface area contributed by atoms with Gasteiger partial charge in [0.2, 0.25) is 0 Å². The van der Waals surface area contributed by atoms with Crippen molar-refractivity contribution in [2.75, 3.05) is 0 Å². The van der Waals surface area contributed by atoms with Crippen molar-refractivity contribution in [1.82, 2.24) is 0 Å². The summed E-state index contributed by atoms with van der Waals surface area (Å²) in [4.78, 5) is 10.3. The van der Waals surface area contributed by atoms with Crippen LogP contribution in [0.5, 0.6) is 0 Å². The molecule has 1 aromatic rings. The smallest absolute Gasteiger partial charge is 0.271 e. The minimum atomic E-state index is 0.245. The first-order valence-electron chi connectivity index (χ1n) is 3.80. The Morgan fingerprint density at radius 1 is 1.46 bits per heavy atom. The molecule has 1 aliphatic heterocycles. The molecule has 0 aliphatic carbocycles. The average Bonchev–Trinajstić information content (AvgIpc) is 2.17. The molecule has 3 heteroatoms. The molecule has 0 atom stereocenters. The summed E-state index contributed by atoms with van der Waals surface area (Å²) in [5.74, 6) is 0.245. The quantitative estimate of drug-likeness (QED) is 0.684. The van der Waals surface area contributed by atoms with Crippen molar-refractivity contribution in [2.24, 2.45) is 0 Å². The van der Waals surface area contributed by atoms with Gasteiger partial charge in [0.05, 0.1) is 0 Å². The molecule has 0 unspecified atom stereocenters. The maximum absolute atomic E-state index is 10.3. The van der Waals surface area contributed by atoms with Gasteiger partial charge in [-0.1, -0.05) is 17.7 Å².